The van der Waals surface area contributed by atoms with Crippen molar-refractivity contribution in [2.24, 2.45) is 5.92 Å². The molecule has 29 heavy (non-hydrogen) atoms. The second-order valence-electron chi connectivity index (χ2n) is 8.15. The fourth-order valence-electron chi connectivity index (χ4n) is 4.82. The van der Waals surface area contributed by atoms with Gasteiger partial charge in [-0.05, 0) is 42.5 Å². The minimum atomic E-state index is 0.0602. The highest BCUT2D eigenvalue weighted by molar-refractivity contribution is 6.01. The van der Waals surface area contributed by atoms with Crippen LogP contribution < -0.4 is 10.4 Å². The quantitative estimate of drug-likeness (QED) is 0.558. The lowest BCUT2D eigenvalue weighted by Crippen LogP contribution is -2.32. The summed E-state index contributed by atoms with van der Waals surface area (Å²) >= 11 is 0. The van der Waals surface area contributed by atoms with E-state index in [0.29, 0.717) is 12.5 Å². The first-order valence-electron chi connectivity index (χ1n) is 10.4. The van der Waals surface area contributed by atoms with Gasteiger partial charge < -0.3 is 9.72 Å². The smallest absolute Gasteiger partial charge is 0.329 e. The predicted octanol–water partition coefficient (Wildman–Crippen LogP) is 4.49. The topological polar surface area (TPSA) is 64.8 Å². The van der Waals surface area contributed by atoms with E-state index < -0.39 is 0 Å². The van der Waals surface area contributed by atoms with Gasteiger partial charge in [-0.2, -0.15) is 0 Å². The van der Waals surface area contributed by atoms with Crippen molar-refractivity contribution in [3.63, 3.8) is 0 Å². The van der Waals surface area contributed by atoms with Crippen LogP contribution in [-0.2, 0) is 6.54 Å². The number of aromatic amines is 1. The zero-order valence-corrected chi connectivity index (χ0v) is 16.9. The lowest BCUT2D eigenvalue weighted by molar-refractivity contribution is 0.256. The summed E-state index contributed by atoms with van der Waals surface area (Å²) < 4.78 is 9.19. The molecule has 1 N–H and O–H groups in total. The summed E-state index contributed by atoms with van der Waals surface area (Å²) in [6.07, 6.45) is 8.38. The molecule has 3 heterocycles. The van der Waals surface area contributed by atoms with Gasteiger partial charge in [0, 0.05) is 17.6 Å². The Morgan fingerprint density at radius 3 is 2.72 bits per heavy atom. The summed E-state index contributed by atoms with van der Waals surface area (Å²) in [5, 5.41) is 1.02. The zero-order valence-electron chi connectivity index (χ0n) is 16.9. The number of hydrogen-bond acceptors (Lipinski definition) is 3. The molecule has 1 saturated carbocycles. The molecule has 4 aromatic rings. The van der Waals surface area contributed by atoms with Crippen LogP contribution in [0, 0.1) is 5.92 Å². The maximum atomic E-state index is 13.7. The minimum absolute atomic E-state index is 0.0602. The summed E-state index contributed by atoms with van der Waals surface area (Å²) in [5.74, 6) is 1.30. The SMILES string of the molecule is COc1ccc(Cn2c(=O)n([C@H]3CCCC[C@H]3C)c3c4cc[nH]c4ncc32)cc1. The molecule has 1 aliphatic carbocycles. The largest absolute Gasteiger partial charge is 0.497 e. The van der Waals surface area contributed by atoms with E-state index in [0.717, 1.165) is 39.8 Å². The van der Waals surface area contributed by atoms with E-state index in [1.165, 1.54) is 19.3 Å². The summed E-state index contributed by atoms with van der Waals surface area (Å²) in [4.78, 5) is 21.5. The van der Waals surface area contributed by atoms with Gasteiger partial charge in [-0.25, -0.2) is 9.78 Å². The van der Waals surface area contributed by atoms with Gasteiger partial charge in [-0.1, -0.05) is 31.9 Å². The molecule has 0 radical (unpaired) electrons. The van der Waals surface area contributed by atoms with Crippen LogP contribution >= 0.6 is 0 Å². The molecule has 150 valence electrons. The molecule has 6 heteroatoms. The second kappa shape index (κ2) is 7.10. The van der Waals surface area contributed by atoms with E-state index in [-0.39, 0.29) is 11.7 Å². The molecule has 3 aromatic heterocycles. The Labute approximate surface area is 169 Å². The highest BCUT2D eigenvalue weighted by Gasteiger charge is 2.28. The molecule has 0 unspecified atom stereocenters. The highest BCUT2D eigenvalue weighted by atomic mass is 16.5. The third kappa shape index (κ3) is 2.94. The molecule has 5 rings (SSSR count). The molecule has 1 aliphatic rings. The van der Waals surface area contributed by atoms with Crippen molar-refractivity contribution in [3.05, 3.63) is 58.8 Å². The van der Waals surface area contributed by atoms with E-state index in [1.807, 2.05) is 47.3 Å². The van der Waals surface area contributed by atoms with Crippen molar-refractivity contribution in [2.75, 3.05) is 7.11 Å². The van der Waals surface area contributed by atoms with Crippen molar-refractivity contribution in [2.45, 2.75) is 45.2 Å². The number of hydrogen-bond donors (Lipinski definition) is 1. The van der Waals surface area contributed by atoms with Gasteiger partial charge in [-0.3, -0.25) is 9.13 Å². The zero-order chi connectivity index (χ0) is 20.0. The van der Waals surface area contributed by atoms with Crippen LogP contribution in [0.4, 0.5) is 0 Å². The average molecular weight is 390 g/mol. The highest BCUT2D eigenvalue weighted by Crippen LogP contribution is 2.36. The molecule has 0 spiro atoms. The summed E-state index contributed by atoms with van der Waals surface area (Å²) in [6, 6.07) is 10.2. The molecular weight excluding hydrogens is 364 g/mol. The van der Waals surface area contributed by atoms with Crippen LogP contribution in [0.15, 0.2) is 47.5 Å². The van der Waals surface area contributed by atoms with E-state index in [2.05, 4.69) is 21.5 Å². The van der Waals surface area contributed by atoms with Crippen molar-refractivity contribution < 1.29 is 4.74 Å². The van der Waals surface area contributed by atoms with E-state index >= 15 is 0 Å². The molecule has 0 amide bonds. The number of aromatic nitrogens is 4. The number of benzene rings is 1. The van der Waals surface area contributed by atoms with Crippen LogP contribution in [0.3, 0.4) is 0 Å². The van der Waals surface area contributed by atoms with E-state index in [4.69, 9.17) is 4.74 Å². The van der Waals surface area contributed by atoms with E-state index in [1.54, 1.807) is 7.11 Å². The molecule has 1 fully saturated rings. The van der Waals surface area contributed by atoms with Crippen LogP contribution in [0.2, 0.25) is 0 Å². The Morgan fingerprint density at radius 2 is 1.97 bits per heavy atom. The minimum Gasteiger partial charge on any atom is -0.497 e. The summed E-state index contributed by atoms with van der Waals surface area (Å²) in [5.41, 5.74) is 3.86. The number of methoxy groups -OCH3 is 1. The van der Waals surface area contributed by atoms with Gasteiger partial charge in [0.1, 0.15) is 11.4 Å². The van der Waals surface area contributed by atoms with Gasteiger partial charge in [0.2, 0.25) is 0 Å². The molecule has 0 bridgehead atoms. The molecule has 1 aromatic carbocycles. The normalized spacial score (nSPS) is 19.8. The average Bonchev–Trinajstić information content (AvgIpc) is 3.32. The number of H-pyrrole nitrogens is 1. The van der Waals surface area contributed by atoms with Crippen LogP contribution in [0.25, 0.3) is 22.1 Å². The second-order valence-corrected chi connectivity index (χ2v) is 8.15. The van der Waals surface area contributed by atoms with Crippen molar-refractivity contribution in [1.82, 2.24) is 19.1 Å². The Hall–Kier alpha value is -3.02. The molecule has 2 atom stereocenters. The van der Waals surface area contributed by atoms with Gasteiger partial charge >= 0.3 is 5.69 Å². The van der Waals surface area contributed by atoms with E-state index in [9.17, 15) is 4.79 Å². The van der Waals surface area contributed by atoms with Crippen molar-refractivity contribution in [3.8, 4) is 5.75 Å². The van der Waals surface area contributed by atoms with Crippen molar-refractivity contribution in [1.29, 1.82) is 0 Å². The number of imidazole rings is 1. The fraction of sp³-hybridized carbons (Fsp3) is 0.391. The van der Waals surface area contributed by atoms with Crippen LogP contribution in [-0.4, -0.2) is 26.2 Å². The summed E-state index contributed by atoms with van der Waals surface area (Å²) in [7, 11) is 1.66. The summed E-state index contributed by atoms with van der Waals surface area (Å²) in [6.45, 7) is 2.80. The molecular formula is C23H26N4O2. The van der Waals surface area contributed by atoms with Crippen LogP contribution in [0.5, 0.6) is 5.75 Å². The number of fused-ring (bicyclic) bond motifs is 3. The van der Waals surface area contributed by atoms with Gasteiger partial charge in [0.05, 0.1) is 30.9 Å². The lowest BCUT2D eigenvalue weighted by Gasteiger charge is -2.29. The fourth-order valence-corrected chi connectivity index (χ4v) is 4.82. The third-order valence-corrected chi connectivity index (χ3v) is 6.41. The number of rotatable bonds is 4. The lowest BCUT2D eigenvalue weighted by atomic mass is 9.85. The Bertz CT molecular complexity index is 1220. The molecule has 0 aliphatic heterocycles. The standard InChI is InChI=1S/C23H26N4O2/c1-15-5-3-4-6-19(15)27-21-18-11-12-24-22(18)25-13-20(21)26(23(27)28)14-16-7-9-17(29-2)10-8-16/h7-13,15,19H,3-6,14H2,1-2H3,(H,24,25)/t15-,19+/m1/s1. The van der Waals surface area contributed by atoms with Gasteiger partial charge in [-0.15, -0.1) is 0 Å². The Kier molecular flexibility index (Phi) is 4.42. The first-order chi connectivity index (χ1) is 14.2. The number of nitrogens with zero attached hydrogens (tertiary/aromatic N) is 3. The first-order valence-corrected chi connectivity index (χ1v) is 10.4. The van der Waals surface area contributed by atoms with Crippen LogP contribution in [0.1, 0.15) is 44.2 Å². The number of ether oxygens (including phenoxy) is 1. The number of pyridine rings is 1. The van der Waals surface area contributed by atoms with Gasteiger partial charge in [0.15, 0.2) is 0 Å². The first kappa shape index (κ1) is 18.0. The third-order valence-electron chi connectivity index (χ3n) is 6.41. The monoisotopic (exact) mass is 390 g/mol. The van der Waals surface area contributed by atoms with Crippen molar-refractivity contribution >= 4 is 22.1 Å². The Balaban J connectivity index is 1.71. The number of nitrogens with one attached hydrogen (secondary N) is 1. The Morgan fingerprint density at radius 1 is 1.17 bits per heavy atom. The molecule has 0 saturated heterocycles. The molecule has 6 nitrogen and oxygen atoms in total. The van der Waals surface area contributed by atoms with Gasteiger partial charge in [0.25, 0.3) is 0 Å². The maximum Gasteiger partial charge on any atom is 0.329 e. The maximum absolute atomic E-state index is 13.7. The predicted molar refractivity (Wildman–Crippen MR) is 115 cm³/mol.